The molecule has 1 aliphatic carbocycles. The maximum atomic E-state index is 14.3. The van der Waals surface area contributed by atoms with Crippen molar-refractivity contribution in [2.45, 2.75) is 70.3 Å². The van der Waals surface area contributed by atoms with Crippen molar-refractivity contribution in [1.82, 2.24) is 15.5 Å². The summed E-state index contributed by atoms with van der Waals surface area (Å²) in [5.41, 5.74) is 1.62. The van der Waals surface area contributed by atoms with Gasteiger partial charge in [-0.3, -0.25) is 9.59 Å². The van der Waals surface area contributed by atoms with Gasteiger partial charge in [0.25, 0.3) is 0 Å². The molecule has 0 aromatic heterocycles. The third-order valence-corrected chi connectivity index (χ3v) is 6.51. The van der Waals surface area contributed by atoms with Gasteiger partial charge in [0.15, 0.2) is 0 Å². The Kier molecular flexibility index (Phi) is 9.09. The van der Waals surface area contributed by atoms with Gasteiger partial charge in [-0.15, -0.1) is 0 Å². The Morgan fingerprint density at radius 2 is 1.48 bits per heavy atom. The number of nitrogens with zero attached hydrogens (tertiary/aromatic N) is 1. The van der Waals surface area contributed by atoms with Crippen molar-refractivity contribution >= 4 is 17.9 Å². The number of benzene rings is 3. The summed E-state index contributed by atoms with van der Waals surface area (Å²) >= 11 is 0. The number of aromatic hydroxyl groups is 1. The average Bonchev–Trinajstić information content (AvgIpc) is 3.76. The molecular formula is C32H37N3O5. The highest BCUT2D eigenvalue weighted by molar-refractivity contribution is 5.92. The Morgan fingerprint density at radius 3 is 2.02 bits per heavy atom. The second kappa shape index (κ2) is 12.7. The zero-order chi connectivity index (χ0) is 28.7. The monoisotopic (exact) mass is 543 g/mol. The van der Waals surface area contributed by atoms with Crippen LogP contribution in [0.3, 0.4) is 0 Å². The number of alkyl carbamates (subject to hydrolysis) is 1. The van der Waals surface area contributed by atoms with Crippen LogP contribution in [0, 0.1) is 0 Å². The maximum absolute atomic E-state index is 14.3. The summed E-state index contributed by atoms with van der Waals surface area (Å²) in [5.74, 6) is -0.652. The van der Waals surface area contributed by atoms with E-state index in [0.29, 0.717) is 12.1 Å². The van der Waals surface area contributed by atoms with Gasteiger partial charge < -0.3 is 25.4 Å². The average molecular weight is 544 g/mol. The van der Waals surface area contributed by atoms with Crippen LogP contribution < -0.4 is 10.6 Å². The molecule has 0 spiro atoms. The molecule has 0 aliphatic heterocycles. The number of rotatable bonds is 10. The molecule has 210 valence electrons. The van der Waals surface area contributed by atoms with Gasteiger partial charge in [0.2, 0.25) is 11.8 Å². The van der Waals surface area contributed by atoms with E-state index in [1.54, 1.807) is 37.8 Å². The minimum absolute atomic E-state index is 0.0602. The van der Waals surface area contributed by atoms with E-state index in [4.69, 9.17) is 4.74 Å². The molecule has 0 bridgehead atoms. The zero-order valence-electron chi connectivity index (χ0n) is 23.2. The molecule has 1 aliphatic rings. The molecule has 0 heterocycles. The van der Waals surface area contributed by atoms with Gasteiger partial charge in [0.05, 0.1) is 0 Å². The molecule has 2 unspecified atom stereocenters. The van der Waals surface area contributed by atoms with Gasteiger partial charge >= 0.3 is 6.09 Å². The molecule has 4 rings (SSSR count). The van der Waals surface area contributed by atoms with Gasteiger partial charge in [-0.2, -0.15) is 0 Å². The van der Waals surface area contributed by atoms with Crippen LogP contribution in [0.4, 0.5) is 4.79 Å². The molecule has 8 nitrogen and oxygen atoms in total. The first-order valence-electron chi connectivity index (χ1n) is 13.6. The number of phenols is 1. The number of hydrogen-bond acceptors (Lipinski definition) is 5. The molecule has 1 saturated carbocycles. The van der Waals surface area contributed by atoms with Crippen LogP contribution in [0.2, 0.25) is 0 Å². The number of phenolic OH excluding ortho intramolecular Hbond substituents is 1. The van der Waals surface area contributed by atoms with E-state index < -0.39 is 23.8 Å². The molecule has 3 aromatic carbocycles. The van der Waals surface area contributed by atoms with Crippen LogP contribution in [0.15, 0.2) is 84.9 Å². The van der Waals surface area contributed by atoms with Crippen molar-refractivity contribution in [3.8, 4) is 5.75 Å². The fourth-order valence-electron chi connectivity index (χ4n) is 4.53. The number of hydrogen-bond donors (Lipinski definition) is 3. The van der Waals surface area contributed by atoms with E-state index in [1.165, 1.54) is 12.1 Å². The lowest BCUT2D eigenvalue weighted by molar-refractivity contribution is -0.143. The molecule has 0 saturated heterocycles. The Bertz CT molecular complexity index is 1290. The Labute approximate surface area is 235 Å². The fraction of sp³-hybridized carbons (Fsp3) is 0.344. The minimum atomic E-state index is -0.959. The van der Waals surface area contributed by atoms with Crippen LogP contribution >= 0.6 is 0 Å². The summed E-state index contributed by atoms with van der Waals surface area (Å²) < 4.78 is 5.48. The molecular weight excluding hydrogens is 506 g/mol. The number of carbonyl (C=O) groups excluding carboxylic acids is 3. The van der Waals surface area contributed by atoms with Crippen molar-refractivity contribution in [3.05, 3.63) is 102 Å². The van der Waals surface area contributed by atoms with Gasteiger partial charge in [-0.05, 0) is 62.4 Å². The highest BCUT2D eigenvalue weighted by Gasteiger charge is 2.44. The van der Waals surface area contributed by atoms with Crippen LogP contribution in [-0.4, -0.2) is 45.6 Å². The molecule has 3 N–H and O–H groups in total. The first-order valence-corrected chi connectivity index (χ1v) is 13.6. The highest BCUT2D eigenvalue weighted by Crippen LogP contribution is 2.36. The van der Waals surface area contributed by atoms with Crippen molar-refractivity contribution < 1.29 is 24.2 Å². The summed E-state index contributed by atoms with van der Waals surface area (Å²) in [6.45, 7) is 5.57. The van der Waals surface area contributed by atoms with Gasteiger partial charge in [-0.25, -0.2) is 4.79 Å². The van der Waals surface area contributed by atoms with E-state index in [2.05, 4.69) is 10.6 Å². The molecule has 3 aromatic rings. The SMILES string of the molecule is CC(C)(C)OC(=O)NC(Cc1ccccc1)C(=O)N(C1CC1)C(C(=O)NCc1ccccc1)c1ccc(O)cc1. The maximum Gasteiger partial charge on any atom is 0.408 e. The first-order chi connectivity index (χ1) is 19.1. The smallest absolute Gasteiger partial charge is 0.408 e. The minimum Gasteiger partial charge on any atom is -0.508 e. The van der Waals surface area contributed by atoms with Crippen molar-refractivity contribution in [1.29, 1.82) is 0 Å². The van der Waals surface area contributed by atoms with Gasteiger partial charge in [0, 0.05) is 19.0 Å². The van der Waals surface area contributed by atoms with Crippen molar-refractivity contribution in [2.75, 3.05) is 0 Å². The summed E-state index contributed by atoms with van der Waals surface area (Å²) in [5, 5.41) is 15.7. The number of nitrogens with one attached hydrogen (secondary N) is 2. The first kappa shape index (κ1) is 28.7. The van der Waals surface area contributed by atoms with Crippen molar-refractivity contribution in [2.24, 2.45) is 0 Å². The molecule has 40 heavy (non-hydrogen) atoms. The normalized spacial score (nSPS) is 14.5. The quantitative estimate of drug-likeness (QED) is 0.338. The fourth-order valence-corrected chi connectivity index (χ4v) is 4.53. The summed E-state index contributed by atoms with van der Waals surface area (Å²) in [6, 6.07) is 23.2. The van der Waals surface area contributed by atoms with E-state index in [0.717, 1.165) is 24.0 Å². The number of amides is 3. The second-order valence-corrected chi connectivity index (χ2v) is 11.1. The van der Waals surface area contributed by atoms with E-state index in [1.807, 2.05) is 60.7 Å². The lowest BCUT2D eigenvalue weighted by Gasteiger charge is -2.35. The Balaban J connectivity index is 1.66. The molecule has 2 atom stereocenters. The van der Waals surface area contributed by atoms with Gasteiger partial charge in [-0.1, -0.05) is 72.8 Å². The molecule has 1 fully saturated rings. The van der Waals surface area contributed by atoms with E-state index >= 15 is 0 Å². The van der Waals surface area contributed by atoms with Crippen LogP contribution in [-0.2, 0) is 27.3 Å². The summed E-state index contributed by atoms with van der Waals surface area (Å²) in [6.07, 6.45) is 1.02. The summed E-state index contributed by atoms with van der Waals surface area (Å²) in [7, 11) is 0. The standard InChI is InChI=1S/C32H37N3O5/c1-32(2,3)40-31(39)34-27(20-22-10-6-4-7-11-22)30(38)35(25-16-17-25)28(24-14-18-26(36)19-15-24)29(37)33-21-23-12-8-5-9-13-23/h4-15,18-19,25,27-28,36H,16-17,20-21H2,1-3H3,(H,33,37)(H,34,39). The predicted octanol–water partition coefficient (Wildman–Crippen LogP) is 4.88. The van der Waals surface area contributed by atoms with Crippen LogP contribution in [0.1, 0.15) is 56.3 Å². The van der Waals surface area contributed by atoms with Gasteiger partial charge in [0.1, 0.15) is 23.4 Å². The lowest BCUT2D eigenvalue weighted by Crippen LogP contribution is -2.54. The van der Waals surface area contributed by atoms with Crippen molar-refractivity contribution in [3.63, 3.8) is 0 Å². The summed E-state index contributed by atoms with van der Waals surface area (Å²) in [4.78, 5) is 42.5. The van der Waals surface area contributed by atoms with E-state index in [9.17, 15) is 19.5 Å². The third-order valence-electron chi connectivity index (χ3n) is 6.51. The molecule has 0 radical (unpaired) electrons. The second-order valence-electron chi connectivity index (χ2n) is 11.1. The molecule has 3 amide bonds. The molecule has 8 heteroatoms. The third kappa shape index (κ3) is 8.09. The van der Waals surface area contributed by atoms with E-state index in [-0.39, 0.29) is 30.0 Å². The lowest BCUT2D eigenvalue weighted by atomic mass is 10.00. The highest BCUT2D eigenvalue weighted by atomic mass is 16.6. The van der Waals surface area contributed by atoms with Crippen LogP contribution in [0.25, 0.3) is 0 Å². The number of carbonyl (C=O) groups is 3. The van der Waals surface area contributed by atoms with Crippen LogP contribution in [0.5, 0.6) is 5.75 Å². The number of ether oxygens (including phenoxy) is 1. The topological polar surface area (TPSA) is 108 Å². The predicted molar refractivity (Wildman–Crippen MR) is 152 cm³/mol. The zero-order valence-corrected chi connectivity index (χ0v) is 23.2. The largest absolute Gasteiger partial charge is 0.508 e. The Hall–Kier alpha value is -4.33. The Morgan fingerprint density at radius 1 is 0.900 bits per heavy atom.